The smallest absolute Gasteiger partial charge is 0.352 e. The lowest BCUT2D eigenvalue weighted by atomic mass is 9.93. The Kier molecular flexibility index (Phi) is 7.37. The summed E-state index contributed by atoms with van der Waals surface area (Å²) in [4.78, 5) is 36.2. The van der Waals surface area contributed by atoms with Gasteiger partial charge >= 0.3 is 11.9 Å². The summed E-state index contributed by atoms with van der Waals surface area (Å²) in [5, 5.41) is 11.7. The number of alkyl halides is 2. The van der Waals surface area contributed by atoms with Gasteiger partial charge in [-0.25, -0.2) is 13.6 Å². The molecule has 1 amide bonds. The van der Waals surface area contributed by atoms with Gasteiger partial charge in [-0.2, -0.15) is 0 Å². The van der Waals surface area contributed by atoms with Crippen LogP contribution in [0.2, 0.25) is 0 Å². The van der Waals surface area contributed by atoms with E-state index in [1.807, 2.05) is 0 Å². The molecule has 12 heteroatoms. The third kappa shape index (κ3) is 4.62. The Morgan fingerprint density at radius 3 is 2.71 bits per heavy atom. The van der Waals surface area contributed by atoms with Gasteiger partial charge in [0.2, 0.25) is 5.91 Å². The van der Waals surface area contributed by atoms with Gasteiger partial charge in [0.15, 0.2) is 0 Å². The Morgan fingerprint density at radius 2 is 2.18 bits per heavy atom. The van der Waals surface area contributed by atoms with Crippen molar-refractivity contribution in [2.24, 2.45) is 11.5 Å². The average molecular weight is 422 g/mol. The SMILES string of the molecule is CC(=O)OCC1=C(C(=O)O)N2C(=O)C(NCC(N)(CCCN)C(F)F)C2SC1. The fraction of sp³-hybridized carbons (Fsp3) is 0.688. The molecule has 0 spiro atoms. The van der Waals surface area contributed by atoms with E-state index >= 15 is 0 Å². The average Bonchev–Trinajstić information content (AvgIpc) is 2.63. The number of carboxylic acids is 1. The van der Waals surface area contributed by atoms with Crippen molar-refractivity contribution < 1.29 is 33.0 Å². The zero-order valence-electron chi connectivity index (χ0n) is 15.3. The summed E-state index contributed by atoms with van der Waals surface area (Å²) in [6.45, 7) is 0.882. The number of carbonyl (C=O) groups excluding carboxylic acids is 2. The van der Waals surface area contributed by atoms with Crippen molar-refractivity contribution in [3.63, 3.8) is 0 Å². The maximum atomic E-state index is 13.3. The summed E-state index contributed by atoms with van der Waals surface area (Å²) < 4.78 is 31.5. The predicted octanol–water partition coefficient (Wildman–Crippen LogP) is -0.537. The number of carboxylic acid groups (broad SMARTS) is 1. The lowest BCUT2D eigenvalue weighted by Crippen LogP contribution is -2.72. The number of nitrogens with one attached hydrogen (secondary N) is 1. The number of nitrogens with zero attached hydrogens (tertiary/aromatic N) is 1. The molecule has 3 unspecified atom stereocenters. The molecule has 28 heavy (non-hydrogen) atoms. The van der Waals surface area contributed by atoms with Crippen LogP contribution in [0.15, 0.2) is 11.3 Å². The first-order chi connectivity index (χ1) is 13.1. The molecule has 2 aliphatic heterocycles. The molecule has 0 radical (unpaired) electrons. The Morgan fingerprint density at radius 1 is 1.50 bits per heavy atom. The largest absolute Gasteiger partial charge is 0.477 e. The molecule has 2 heterocycles. The summed E-state index contributed by atoms with van der Waals surface area (Å²) in [7, 11) is 0. The van der Waals surface area contributed by atoms with Crippen LogP contribution in [-0.2, 0) is 19.1 Å². The van der Waals surface area contributed by atoms with Crippen LogP contribution in [0.1, 0.15) is 19.8 Å². The Hall–Kier alpha value is -1.76. The number of fused-ring (bicyclic) bond motifs is 1. The third-order valence-corrected chi connectivity index (χ3v) is 5.97. The van der Waals surface area contributed by atoms with Crippen molar-refractivity contribution in [2.75, 3.05) is 25.4 Å². The molecule has 1 fully saturated rings. The van der Waals surface area contributed by atoms with Gasteiger partial charge < -0.3 is 26.6 Å². The number of rotatable bonds is 10. The first kappa shape index (κ1) is 22.5. The van der Waals surface area contributed by atoms with E-state index in [1.165, 1.54) is 18.7 Å². The van der Waals surface area contributed by atoms with Crippen molar-refractivity contribution in [1.29, 1.82) is 0 Å². The fourth-order valence-electron chi connectivity index (χ4n) is 3.04. The summed E-state index contributed by atoms with van der Waals surface area (Å²) in [5.74, 6) is -2.20. The highest BCUT2D eigenvalue weighted by Crippen LogP contribution is 2.40. The van der Waals surface area contributed by atoms with Crippen molar-refractivity contribution >= 4 is 29.6 Å². The first-order valence-corrected chi connectivity index (χ1v) is 9.71. The molecule has 0 aromatic heterocycles. The van der Waals surface area contributed by atoms with E-state index < -0.39 is 41.2 Å². The minimum absolute atomic E-state index is 0.0105. The van der Waals surface area contributed by atoms with Crippen molar-refractivity contribution in [3.05, 3.63) is 11.3 Å². The second-order valence-electron chi connectivity index (χ2n) is 6.73. The minimum atomic E-state index is -2.80. The Bertz CT molecular complexity index is 677. The normalized spacial score (nSPS) is 23.9. The van der Waals surface area contributed by atoms with E-state index in [1.54, 1.807) is 0 Å². The number of halogens is 2. The zero-order valence-corrected chi connectivity index (χ0v) is 16.1. The van der Waals surface area contributed by atoms with E-state index in [-0.39, 0.29) is 37.6 Å². The minimum Gasteiger partial charge on any atom is -0.477 e. The van der Waals surface area contributed by atoms with Gasteiger partial charge in [-0.05, 0) is 19.4 Å². The molecule has 0 aromatic rings. The van der Waals surface area contributed by atoms with Gasteiger partial charge in [-0.3, -0.25) is 14.5 Å². The van der Waals surface area contributed by atoms with Gasteiger partial charge in [0.25, 0.3) is 6.43 Å². The summed E-state index contributed by atoms with van der Waals surface area (Å²) in [5.41, 5.74) is 9.39. The van der Waals surface area contributed by atoms with E-state index in [0.29, 0.717) is 12.0 Å². The van der Waals surface area contributed by atoms with Crippen molar-refractivity contribution in [3.8, 4) is 0 Å². The number of carbonyl (C=O) groups is 3. The van der Waals surface area contributed by atoms with Crippen LogP contribution in [0.25, 0.3) is 0 Å². The van der Waals surface area contributed by atoms with Crippen LogP contribution < -0.4 is 16.8 Å². The van der Waals surface area contributed by atoms with Crippen LogP contribution in [-0.4, -0.2) is 76.7 Å². The standard InChI is InChI=1S/C16H24F2N4O5S/c1-8(23)27-5-9-6-28-13-10(12(24)22(13)11(9)14(25)26)21-7-16(20,15(17)18)3-2-4-19/h10,13,15,21H,2-7,19-20H2,1H3,(H,25,26). The topological polar surface area (TPSA) is 148 Å². The lowest BCUT2D eigenvalue weighted by Gasteiger charge is -2.50. The Labute approximate surface area is 164 Å². The molecule has 158 valence electrons. The van der Waals surface area contributed by atoms with Gasteiger partial charge in [0, 0.05) is 24.8 Å². The molecule has 0 aromatic carbocycles. The van der Waals surface area contributed by atoms with Gasteiger partial charge in [-0.1, -0.05) is 0 Å². The number of thioether (sulfide) groups is 1. The number of hydrogen-bond donors (Lipinski definition) is 4. The highest BCUT2D eigenvalue weighted by atomic mass is 32.2. The highest BCUT2D eigenvalue weighted by molar-refractivity contribution is 8.00. The van der Waals surface area contributed by atoms with Crippen molar-refractivity contribution in [1.82, 2.24) is 10.2 Å². The van der Waals surface area contributed by atoms with E-state index in [0.717, 1.165) is 4.90 Å². The Balaban J connectivity index is 2.09. The second-order valence-corrected chi connectivity index (χ2v) is 7.84. The molecule has 2 rings (SSSR count). The van der Waals surface area contributed by atoms with Gasteiger partial charge in [-0.15, -0.1) is 11.8 Å². The lowest BCUT2D eigenvalue weighted by molar-refractivity contribution is -0.149. The highest BCUT2D eigenvalue weighted by Gasteiger charge is 2.54. The van der Waals surface area contributed by atoms with Crippen molar-refractivity contribution in [2.45, 2.75) is 43.1 Å². The predicted molar refractivity (Wildman–Crippen MR) is 97.4 cm³/mol. The van der Waals surface area contributed by atoms with Crippen LogP contribution in [0.5, 0.6) is 0 Å². The molecule has 0 aliphatic carbocycles. The van der Waals surface area contributed by atoms with Gasteiger partial charge in [0.1, 0.15) is 23.7 Å². The fourth-order valence-corrected chi connectivity index (χ4v) is 4.40. The monoisotopic (exact) mass is 422 g/mol. The summed E-state index contributed by atoms with van der Waals surface area (Å²) >= 11 is 1.26. The molecule has 3 atom stereocenters. The molecule has 9 nitrogen and oxygen atoms in total. The maximum Gasteiger partial charge on any atom is 0.352 e. The number of hydrogen-bond acceptors (Lipinski definition) is 8. The zero-order chi connectivity index (χ0) is 21.1. The van der Waals surface area contributed by atoms with Gasteiger partial charge in [0.05, 0.1) is 5.54 Å². The number of β-lactam (4-membered cyclic amide) rings is 1. The third-order valence-electron chi connectivity index (χ3n) is 4.63. The van der Waals surface area contributed by atoms with Crippen LogP contribution >= 0.6 is 11.8 Å². The van der Waals surface area contributed by atoms with E-state index in [4.69, 9.17) is 16.2 Å². The van der Waals surface area contributed by atoms with E-state index in [9.17, 15) is 28.3 Å². The number of amides is 1. The number of aliphatic carboxylic acids is 1. The number of ether oxygens (including phenoxy) is 1. The number of esters is 1. The second kappa shape index (κ2) is 9.16. The number of nitrogens with two attached hydrogens (primary N) is 2. The summed E-state index contributed by atoms with van der Waals surface area (Å²) in [6, 6.07) is -0.825. The van der Waals surface area contributed by atoms with Crippen LogP contribution in [0.3, 0.4) is 0 Å². The molecule has 0 saturated carbocycles. The molecular weight excluding hydrogens is 398 g/mol. The molecule has 2 aliphatic rings. The van der Waals surface area contributed by atoms with E-state index in [2.05, 4.69) is 5.32 Å². The van der Waals surface area contributed by atoms with Crippen LogP contribution in [0.4, 0.5) is 8.78 Å². The molecule has 1 saturated heterocycles. The molecule has 0 bridgehead atoms. The first-order valence-electron chi connectivity index (χ1n) is 8.66. The van der Waals surface area contributed by atoms with Crippen LogP contribution in [0, 0.1) is 0 Å². The quantitative estimate of drug-likeness (QED) is 0.269. The molecule has 6 N–H and O–H groups in total. The maximum absolute atomic E-state index is 13.3. The molecular formula is C16H24F2N4O5S. The summed E-state index contributed by atoms with van der Waals surface area (Å²) in [6.07, 6.45) is -2.50.